The van der Waals surface area contributed by atoms with Gasteiger partial charge in [-0.15, -0.1) is 0 Å². The molecular formula is C15H25N3O2. The lowest BCUT2D eigenvalue weighted by Gasteiger charge is -2.16. The van der Waals surface area contributed by atoms with Crippen molar-refractivity contribution in [2.75, 3.05) is 41.4 Å². The van der Waals surface area contributed by atoms with Gasteiger partial charge in [0.2, 0.25) is 0 Å². The van der Waals surface area contributed by atoms with E-state index in [0.717, 1.165) is 37.0 Å². The highest BCUT2D eigenvalue weighted by atomic mass is 16.5. The second-order valence-corrected chi connectivity index (χ2v) is 4.57. The zero-order valence-electron chi connectivity index (χ0n) is 13.1. The van der Waals surface area contributed by atoms with Gasteiger partial charge in [0.1, 0.15) is 0 Å². The third-order valence-electron chi connectivity index (χ3n) is 2.87. The molecule has 0 radical (unpaired) electrons. The van der Waals surface area contributed by atoms with E-state index in [4.69, 9.17) is 9.47 Å². The van der Waals surface area contributed by atoms with Gasteiger partial charge in [-0.3, -0.25) is 4.99 Å². The molecular weight excluding hydrogens is 254 g/mol. The Morgan fingerprint density at radius 3 is 2.45 bits per heavy atom. The van der Waals surface area contributed by atoms with Crippen molar-refractivity contribution in [2.24, 2.45) is 4.99 Å². The lowest BCUT2D eigenvalue weighted by molar-refractivity contribution is 0.354. The van der Waals surface area contributed by atoms with Crippen LogP contribution in [0.1, 0.15) is 12.5 Å². The third-order valence-corrected chi connectivity index (χ3v) is 2.87. The summed E-state index contributed by atoms with van der Waals surface area (Å²) in [7, 11) is 7.26. The fourth-order valence-electron chi connectivity index (χ4n) is 1.84. The summed E-state index contributed by atoms with van der Waals surface area (Å²) in [5.74, 6) is 2.42. The number of ether oxygens (including phenoxy) is 2. The number of aliphatic imine (C=N–C) groups is 1. The summed E-state index contributed by atoms with van der Waals surface area (Å²) in [6.45, 7) is 3.66. The highest BCUT2D eigenvalue weighted by Gasteiger charge is 2.04. The topological polar surface area (TPSA) is 46.1 Å². The van der Waals surface area contributed by atoms with Crippen molar-refractivity contribution in [3.63, 3.8) is 0 Å². The second kappa shape index (κ2) is 8.30. The molecule has 0 fully saturated rings. The molecule has 0 heterocycles. The van der Waals surface area contributed by atoms with E-state index >= 15 is 0 Å². The van der Waals surface area contributed by atoms with Crippen molar-refractivity contribution < 1.29 is 9.47 Å². The first-order valence-corrected chi connectivity index (χ1v) is 6.78. The van der Waals surface area contributed by atoms with E-state index in [9.17, 15) is 0 Å². The Morgan fingerprint density at radius 2 is 1.90 bits per heavy atom. The molecule has 20 heavy (non-hydrogen) atoms. The fraction of sp³-hybridized carbons (Fsp3) is 0.533. The summed E-state index contributed by atoms with van der Waals surface area (Å²) in [6, 6.07) is 5.96. The summed E-state index contributed by atoms with van der Waals surface area (Å²) < 4.78 is 10.5. The Kier molecular flexibility index (Phi) is 6.70. The molecule has 0 bridgehead atoms. The van der Waals surface area contributed by atoms with Crippen LogP contribution in [-0.4, -0.2) is 52.3 Å². The van der Waals surface area contributed by atoms with Gasteiger partial charge >= 0.3 is 0 Å². The van der Waals surface area contributed by atoms with Gasteiger partial charge in [0.25, 0.3) is 0 Å². The predicted molar refractivity (Wildman–Crippen MR) is 82.9 cm³/mol. The summed E-state index contributed by atoms with van der Waals surface area (Å²) in [4.78, 5) is 6.55. The van der Waals surface area contributed by atoms with Gasteiger partial charge in [-0.25, -0.2) is 0 Å². The summed E-state index contributed by atoms with van der Waals surface area (Å²) in [5.41, 5.74) is 1.18. The smallest absolute Gasteiger partial charge is 0.193 e. The van der Waals surface area contributed by atoms with Crippen LogP contribution < -0.4 is 14.8 Å². The van der Waals surface area contributed by atoms with Gasteiger partial charge in [-0.05, 0) is 31.0 Å². The van der Waals surface area contributed by atoms with Crippen molar-refractivity contribution in [1.29, 1.82) is 0 Å². The molecule has 1 aromatic carbocycles. The molecule has 112 valence electrons. The van der Waals surface area contributed by atoms with Crippen LogP contribution in [-0.2, 0) is 6.42 Å². The lowest BCUT2D eigenvalue weighted by atomic mass is 10.1. The van der Waals surface area contributed by atoms with Crippen LogP contribution >= 0.6 is 0 Å². The molecule has 0 aliphatic carbocycles. The van der Waals surface area contributed by atoms with Crippen LogP contribution in [0.2, 0.25) is 0 Å². The summed E-state index contributed by atoms with van der Waals surface area (Å²) in [6.07, 6.45) is 0.864. The molecule has 0 saturated heterocycles. The van der Waals surface area contributed by atoms with Crippen molar-refractivity contribution in [1.82, 2.24) is 10.2 Å². The minimum atomic E-state index is 0.732. The van der Waals surface area contributed by atoms with Crippen molar-refractivity contribution in [3.05, 3.63) is 23.8 Å². The van der Waals surface area contributed by atoms with E-state index in [1.54, 1.807) is 14.2 Å². The van der Waals surface area contributed by atoms with Crippen LogP contribution in [0.25, 0.3) is 0 Å². The first-order chi connectivity index (χ1) is 9.62. The van der Waals surface area contributed by atoms with E-state index in [-0.39, 0.29) is 0 Å². The Labute approximate surface area is 121 Å². The van der Waals surface area contributed by atoms with E-state index in [1.807, 2.05) is 37.2 Å². The first-order valence-electron chi connectivity index (χ1n) is 6.78. The number of guanidine groups is 1. The molecule has 1 rings (SSSR count). The van der Waals surface area contributed by atoms with Crippen LogP contribution in [0.3, 0.4) is 0 Å². The molecule has 0 amide bonds. The SMILES string of the molecule is CCNC(=NCCc1ccc(OC)c(OC)c1)N(C)C. The Bertz CT molecular complexity index is 445. The van der Waals surface area contributed by atoms with Crippen LogP contribution in [0.4, 0.5) is 0 Å². The number of nitrogens with one attached hydrogen (secondary N) is 1. The summed E-state index contributed by atoms with van der Waals surface area (Å²) >= 11 is 0. The van der Waals surface area contributed by atoms with Gasteiger partial charge in [0.15, 0.2) is 17.5 Å². The van der Waals surface area contributed by atoms with Crippen molar-refractivity contribution in [2.45, 2.75) is 13.3 Å². The number of nitrogens with zero attached hydrogens (tertiary/aromatic N) is 2. The number of benzene rings is 1. The van der Waals surface area contributed by atoms with Crippen molar-refractivity contribution in [3.8, 4) is 11.5 Å². The zero-order valence-corrected chi connectivity index (χ0v) is 13.1. The number of methoxy groups -OCH3 is 2. The van der Waals surface area contributed by atoms with Gasteiger partial charge in [0.05, 0.1) is 14.2 Å². The molecule has 0 aliphatic heterocycles. The van der Waals surface area contributed by atoms with Gasteiger partial charge in [-0.1, -0.05) is 6.07 Å². The molecule has 0 aromatic heterocycles. The molecule has 1 aromatic rings. The Hall–Kier alpha value is -1.91. The maximum atomic E-state index is 5.30. The minimum Gasteiger partial charge on any atom is -0.493 e. The molecule has 5 heteroatoms. The fourth-order valence-corrected chi connectivity index (χ4v) is 1.84. The number of hydrogen-bond acceptors (Lipinski definition) is 3. The number of rotatable bonds is 6. The molecule has 0 atom stereocenters. The maximum absolute atomic E-state index is 5.30. The molecule has 0 unspecified atom stereocenters. The number of hydrogen-bond donors (Lipinski definition) is 1. The average molecular weight is 279 g/mol. The largest absolute Gasteiger partial charge is 0.493 e. The van der Waals surface area contributed by atoms with Crippen LogP contribution in [0.15, 0.2) is 23.2 Å². The highest BCUT2D eigenvalue weighted by molar-refractivity contribution is 5.79. The van der Waals surface area contributed by atoms with E-state index in [0.29, 0.717) is 0 Å². The standard InChI is InChI=1S/C15H25N3O2/c1-6-16-15(18(2)3)17-10-9-12-7-8-13(19-4)14(11-12)20-5/h7-8,11H,6,9-10H2,1-5H3,(H,16,17). The van der Waals surface area contributed by atoms with E-state index in [1.165, 1.54) is 5.56 Å². The maximum Gasteiger partial charge on any atom is 0.193 e. The Morgan fingerprint density at radius 1 is 1.20 bits per heavy atom. The van der Waals surface area contributed by atoms with Crippen LogP contribution in [0, 0.1) is 0 Å². The van der Waals surface area contributed by atoms with Gasteiger partial charge in [-0.2, -0.15) is 0 Å². The predicted octanol–water partition coefficient (Wildman–Crippen LogP) is 1.77. The van der Waals surface area contributed by atoms with Gasteiger partial charge < -0.3 is 19.7 Å². The molecule has 1 N–H and O–H groups in total. The zero-order chi connectivity index (χ0) is 15.0. The third kappa shape index (κ3) is 4.64. The Balaban J connectivity index is 2.67. The second-order valence-electron chi connectivity index (χ2n) is 4.57. The molecule has 5 nitrogen and oxygen atoms in total. The first kappa shape index (κ1) is 16.1. The lowest BCUT2D eigenvalue weighted by Crippen LogP contribution is -2.36. The molecule has 0 saturated carbocycles. The molecule has 0 spiro atoms. The molecule has 0 aliphatic rings. The highest BCUT2D eigenvalue weighted by Crippen LogP contribution is 2.27. The minimum absolute atomic E-state index is 0.732. The normalized spacial score (nSPS) is 11.2. The van der Waals surface area contributed by atoms with Gasteiger partial charge in [0, 0.05) is 27.2 Å². The van der Waals surface area contributed by atoms with Crippen molar-refractivity contribution >= 4 is 5.96 Å². The van der Waals surface area contributed by atoms with E-state index in [2.05, 4.69) is 17.2 Å². The average Bonchev–Trinajstić information content (AvgIpc) is 2.45. The monoisotopic (exact) mass is 279 g/mol. The van der Waals surface area contributed by atoms with Crippen LogP contribution in [0.5, 0.6) is 11.5 Å². The van der Waals surface area contributed by atoms with E-state index < -0.39 is 0 Å². The summed E-state index contributed by atoms with van der Waals surface area (Å²) in [5, 5.41) is 3.24. The quantitative estimate of drug-likeness (QED) is 0.637.